The van der Waals surface area contributed by atoms with Crippen LogP contribution in [0.25, 0.3) is 11.2 Å². The van der Waals surface area contributed by atoms with Crippen LogP contribution < -0.4 is 10.9 Å². The lowest BCUT2D eigenvalue weighted by Crippen LogP contribution is -2.34. The maximum atomic E-state index is 12.7. The molecule has 3 aromatic rings. The van der Waals surface area contributed by atoms with Gasteiger partial charge in [-0.2, -0.15) is 4.98 Å². The van der Waals surface area contributed by atoms with Gasteiger partial charge in [0.2, 0.25) is 5.95 Å². The Morgan fingerprint density at radius 3 is 2.65 bits per heavy atom. The van der Waals surface area contributed by atoms with Crippen LogP contribution in [-0.4, -0.2) is 24.1 Å². The molecule has 0 fully saturated rings. The largest absolute Gasteiger partial charge is 0.350 e. The standard InChI is InChI=1S/C16H20N6O/c1-16(2,3)22-10-19-13-12(14(22)23)21(4)15(20-13)18-9-11-7-5-6-8-17-11/h5-8,10H,9H2,1-4H3,(H,18,20). The summed E-state index contributed by atoms with van der Waals surface area (Å²) in [5.41, 5.74) is 1.42. The molecule has 1 N–H and O–H groups in total. The molecule has 0 atom stereocenters. The minimum absolute atomic E-state index is 0.0941. The minimum Gasteiger partial charge on any atom is -0.350 e. The van der Waals surface area contributed by atoms with Crippen molar-refractivity contribution in [1.29, 1.82) is 0 Å². The third-order valence-electron chi connectivity index (χ3n) is 3.67. The van der Waals surface area contributed by atoms with E-state index in [-0.39, 0.29) is 11.1 Å². The van der Waals surface area contributed by atoms with Crippen molar-refractivity contribution >= 4 is 17.1 Å². The molecule has 3 rings (SSSR count). The van der Waals surface area contributed by atoms with Crippen LogP contribution in [0.1, 0.15) is 26.5 Å². The number of nitrogens with zero attached hydrogens (tertiary/aromatic N) is 5. The van der Waals surface area contributed by atoms with E-state index in [1.54, 1.807) is 21.7 Å². The third-order valence-corrected chi connectivity index (χ3v) is 3.67. The topological polar surface area (TPSA) is 77.6 Å². The second-order valence-electron chi connectivity index (χ2n) is 6.43. The van der Waals surface area contributed by atoms with Gasteiger partial charge in [0.25, 0.3) is 5.56 Å². The van der Waals surface area contributed by atoms with E-state index in [1.807, 2.05) is 46.0 Å². The average molecular weight is 312 g/mol. The van der Waals surface area contributed by atoms with Crippen LogP contribution >= 0.6 is 0 Å². The maximum Gasteiger partial charge on any atom is 0.280 e. The van der Waals surface area contributed by atoms with Gasteiger partial charge in [0.1, 0.15) is 6.33 Å². The predicted molar refractivity (Wildman–Crippen MR) is 89.3 cm³/mol. The van der Waals surface area contributed by atoms with E-state index < -0.39 is 0 Å². The quantitative estimate of drug-likeness (QED) is 0.799. The van der Waals surface area contributed by atoms with Crippen LogP contribution in [0, 0.1) is 0 Å². The molecule has 3 aromatic heterocycles. The number of rotatable bonds is 3. The molecule has 0 aliphatic rings. The number of imidazole rings is 1. The highest BCUT2D eigenvalue weighted by Crippen LogP contribution is 2.16. The summed E-state index contributed by atoms with van der Waals surface area (Å²) in [5.74, 6) is 0.599. The fourth-order valence-corrected chi connectivity index (χ4v) is 2.40. The number of anilines is 1. The minimum atomic E-state index is -0.329. The molecule has 7 nitrogen and oxygen atoms in total. The number of fused-ring (bicyclic) bond motifs is 1. The van der Waals surface area contributed by atoms with Crippen molar-refractivity contribution in [2.24, 2.45) is 7.05 Å². The highest BCUT2D eigenvalue weighted by Gasteiger charge is 2.20. The molecule has 0 amide bonds. The van der Waals surface area contributed by atoms with Crippen molar-refractivity contribution in [2.75, 3.05) is 5.32 Å². The molecule has 0 saturated carbocycles. The Morgan fingerprint density at radius 2 is 2.00 bits per heavy atom. The Balaban J connectivity index is 1.99. The lowest BCUT2D eigenvalue weighted by atomic mass is 10.1. The van der Waals surface area contributed by atoms with Crippen LogP contribution in [0.2, 0.25) is 0 Å². The first-order valence-corrected chi connectivity index (χ1v) is 7.46. The Bertz CT molecular complexity index is 889. The Kier molecular flexibility index (Phi) is 3.63. The lowest BCUT2D eigenvalue weighted by molar-refractivity contribution is 0.381. The van der Waals surface area contributed by atoms with Crippen LogP contribution in [0.15, 0.2) is 35.5 Å². The molecule has 0 saturated heterocycles. The van der Waals surface area contributed by atoms with Gasteiger partial charge in [-0.05, 0) is 32.9 Å². The number of pyridine rings is 1. The Hall–Kier alpha value is -2.70. The summed E-state index contributed by atoms with van der Waals surface area (Å²) in [6.07, 6.45) is 3.30. The SMILES string of the molecule is Cn1c(NCc2ccccn2)nc2ncn(C(C)(C)C)c(=O)c21. The van der Waals surface area contributed by atoms with Gasteiger partial charge in [-0.3, -0.25) is 14.3 Å². The second kappa shape index (κ2) is 5.49. The van der Waals surface area contributed by atoms with Gasteiger partial charge in [-0.15, -0.1) is 0 Å². The van der Waals surface area contributed by atoms with Crippen LogP contribution in [0.3, 0.4) is 0 Å². The number of aryl methyl sites for hydroxylation is 1. The fraction of sp³-hybridized carbons (Fsp3) is 0.375. The van der Waals surface area contributed by atoms with Gasteiger partial charge in [0.05, 0.1) is 12.2 Å². The summed E-state index contributed by atoms with van der Waals surface area (Å²) < 4.78 is 3.37. The third kappa shape index (κ3) is 2.81. The summed E-state index contributed by atoms with van der Waals surface area (Å²) in [4.78, 5) is 25.7. The van der Waals surface area contributed by atoms with Crippen molar-refractivity contribution in [3.63, 3.8) is 0 Å². The molecule has 3 heterocycles. The van der Waals surface area contributed by atoms with E-state index in [1.165, 1.54) is 0 Å². The van der Waals surface area contributed by atoms with E-state index in [2.05, 4.69) is 20.3 Å². The molecule has 0 spiro atoms. The molecule has 0 aliphatic heterocycles. The summed E-state index contributed by atoms with van der Waals surface area (Å²) in [7, 11) is 1.81. The van der Waals surface area contributed by atoms with E-state index in [0.717, 1.165) is 5.69 Å². The summed E-state index contributed by atoms with van der Waals surface area (Å²) in [5, 5.41) is 3.21. The molecular formula is C16H20N6O. The first kappa shape index (κ1) is 15.2. The van der Waals surface area contributed by atoms with Gasteiger partial charge < -0.3 is 9.88 Å². The van der Waals surface area contributed by atoms with E-state index in [0.29, 0.717) is 23.7 Å². The summed E-state index contributed by atoms with van der Waals surface area (Å²) in [6.45, 7) is 6.45. The van der Waals surface area contributed by atoms with E-state index in [4.69, 9.17) is 0 Å². The molecule has 0 bridgehead atoms. The van der Waals surface area contributed by atoms with Gasteiger partial charge >= 0.3 is 0 Å². The molecule has 0 radical (unpaired) electrons. The molecule has 0 aromatic carbocycles. The number of hydrogen-bond acceptors (Lipinski definition) is 5. The van der Waals surface area contributed by atoms with Crippen LogP contribution in [0.4, 0.5) is 5.95 Å². The summed E-state index contributed by atoms with van der Waals surface area (Å²) >= 11 is 0. The predicted octanol–water partition coefficient (Wildman–Crippen LogP) is 1.89. The van der Waals surface area contributed by atoms with E-state index in [9.17, 15) is 4.79 Å². The molecule has 0 aliphatic carbocycles. The summed E-state index contributed by atoms with van der Waals surface area (Å²) in [6, 6.07) is 5.74. The molecule has 23 heavy (non-hydrogen) atoms. The molecule has 0 unspecified atom stereocenters. The van der Waals surface area contributed by atoms with Gasteiger partial charge in [0.15, 0.2) is 11.2 Å². The lowest BCUT2D eigenvalue weighted by Gasteiger charge is -2.21. The zero-order valence-corrected chi connectivity index (χ0v) is 13.7. The highest BCUT2D eigenvalue weighted by molar-refractivity contribution is 5.73. The smallest absolute Gasteiger partial charge is 0.280 e. The molecule has 7 heteroatoms. The van der Waals surface area contributed by atoms with Crippen LogP contribution in [0.5, 0.6) is 0 Å². The number of nitrogens with one attached hydrogen (secondary N) is 1. The van der Waals surface area contributed by atoms with Gasteiger partial charge in [-0.25, -0.2) is 4.98 Å². The van der Waals surface area contributed by atoms with Crippen molar-refractivity contribution in [3.8, 4) is 0 Å². The number of hydrogen-bond donors (Lipinski definition) is 1. The molecule has 120 valence electrons. The first-order valence-electron chi connectivity index (χ1n) is 7.46. The van der Waals surface area contributed by atoms with Crippen molar-refractivity contribution in [3.05, 3.63) is 46.8 Å². The van der Waals surface area contributed by atoms with E-state index >= 15 is 0 Å². The first-order chi connectivity index (χ1) is 10.9. The van der Waals surface area contributed by atoms with Crippen molar-refractivity contribution < 1.29 is 0 Å². The van der Waals surface area contributed by atoms with Crippen molar-refractivity contribution in [1.82, 2.24) is 24.1 Å². The van der Waals surface area contributed by atoms with Crippen molar-refractivity contribution in [2.45, 2.75) is 32.9 Å². The van der Waals surface area contributed by atoms with Gasteiger partial charge in [0, 0.05) is 18.8 Å². The second-order valence-corrected chi connectivity index (χ2v) is 6.43. The number of aromatic nitrogens is 5. The Morgan fingerprint density at radius 1 is 1.22 bits per heavy atom. The highest BCUT2D eigenvalue weighted by atomic mass is 16.1. The maximum absolute atomic E-state index is 12.7. The normalized spacial score (nSPS) is 11.8. The zero-order chi connectivity index (χ0) is 16.6. The average Bonchev–Trinajstić information content (AvgIpc) is 2.82. The van der Waals surface area contributed by atoms with Gasteiger partial charge in [-0.1, -0.05) is 6.07 Å². The monoisotopic (exact) mass is 312 g/mol. The van der Waals surface area contributed by atoms with Crippen LogP contribution in [-0.2, 0) is 19.1 Å². The fourth-order valence-electron chi connectivity index (χ4n) is 2.40. The Labute approximate surface area is 134 Å². The zero-order valence-electron chi connectivity index (χ0n) is 13.7. The molecular weight excluding hydrogens is 292 g/mol.